The van der Waals surface area contributed by atoms with E-state index >= 15 is 0 Å². The van der Waals surface area contributed by atoms with Crippen molar-refractivity contribution in [3.8, 4) is 0 Å². The molecular weight excluding hydrogens is 360 g/mol. The summed E-state index contributed by atoms with van der Waals surface area (Å²) >= 11 is 9.26. The second kappa shape index (κ2) is 5.25. The van der Waals surface area contributed by atoms with Crippen LogP contribution < -0.4 is 0 Å². The first kappa shape index (κ1) is 13.3. The fourth-order valence-corrected chi connectivity index (χ4v) is 4.75. The molecule has 0 nitrogen and oxygen atoms in total. The van der Waals surface area contributed by atoms with E-state index < -0.39 is 0 Å². The van der Waals surface area contributed by atoms with Gasteiger partial charge in [0.25, 0.3) is 0 Å². The summed E-state index contributed by atoms with van der Waals surface area (Å²) in [6.45, 7) is 6.44. The predicted molar refractivity (Wildman–Crippen MR) is 83.4 cm³/mol. The van der Waals surface area contributed by atoms with E-state index in [9.17, 15) is 0 Å². The summed E-state index contributed by atoms with van der Waals surface area (Å²) in [5, 5.41) is 0. The molecule has 2 aromatic rings. The number of alkyl halides is 1. The largest absolute Gasteiger partial charge is 0.143 e. The molecule has 0 fully saturated rings. The van der Waals surface area contributed by atoms with E-state index in [-0.39, 0.29) is 4.83 Å². The van der Waals surface area contributed by atoms with Crippen LogP contribution in [0.3, 0.4) is 0 Å². The summed E-state index contributed by atoms with van der Waals surface area (Å²) in [5.74, 6) is 0. The van der Waals surface area contributed by atoms with Crippen molar-refractivity contribution in [2.75, 3.05) is 0 Å². The molecule has 3 heteroatoms. The summed E-state index contributed by atoms with van der Waals surface area (Å²) in [7, 11) is 0. The molecule has 0 radical (unpaired) electrons. The first-order valence-electron chi connectivity index (χ1n) is 5.46. The topological polar surface area (TPSA) is 0 Å². The SMILES string of the molecule is Cc1cc(Br)c(C(Br)c2ccc(C)c(C)c2)s1. The van der Waals surface area contributed by atoms with Crippen LogP contribution in [0.5, 0.6) is 0 Å². The Bertz CT molecular complexity index is 543. The molecular formula is C14H14Br2S. The van der Waals surface area contributed by atoms with E-state index in [1.165, 1.54) is 30.9 Å². The number of aryl methyl sites for hydroxylation is 3. The Morgan fingerprint density at radius 3 is 2.29 bits per heavy atom. The van der Waals surface area contributed by atoms with Crippen LogP contribution in [0.2, 0.25) is 0 Å². The van der Waals surface area contributed by atoms with Gasteiger partial charge < -0.3 is 0 Å². The number of halogens is 2. The van der Waals surface area contributed by atoms with E-state index in [4.69, 9.17) is 0 Å². The summed E-state index contributed by atoms with van der Waals surface area (Å²) in [4.78, 5) is 2.95. The van der Waals surface area contributed by atoms with E-state index in [1.54, 1.807) is 0 Å². The molecule has 1 heterocycles. The van der Waals surface area contributed by atoms with Crippen molar-refractivity contribution < 1.29 is 0 Å². The molecule has 90 valence electrons. The minimum atomic E-state index is 0.273. The van der Waals surface area contributed by atoms with Gasteiger partial charge in [-0.15, -0.1) is 11.3 Å². The summed E-state index contributed by atoms with van der Waals surface area (Å²) in [6, 6.07) is 8.82. The molecule has 0 aliphatic rings. The van der Waals surface area contributed by atoms with Crippen LogP contribution in [0, 0.1) is 20.8 Å². The molecule has 0 bridgehead atoms. The highest BCUT2D eigenvalue weighted by Gasteiger charge is 2.16. The van der Waals surface area contributed by atoms with E-state index in [1.807, 2.05) is 11.3 Å². The minimum absolute atomic E-state index is 0.273. The number of thiophene rings is 1. The lowest BCUT2D eigenvalue weighted by atomic mass is 10.0. The van der Waals surface area contributed by atoms with Gasteiger partial charge in [0.05, 0.1) is 4.83 Å². The molecule has 0 spiro atoms. The molecule has 17 heavy (non-hydrogen) atoms. The van der Waals surface area contributed by atoms with Gasteiger partial charge in [0, 0.05) is 14.2 Å². The van der Waals surface area contributed by atoms with Gasteiger partial charge in [-0.1, -0.05) is 34.1 Å². The Balaban J connectivity index is 2.40. The third-order valence-electron chi connectivity index (χ3n) is 2.89. The highest BCUT2D eigenvalue weighted by molar-refractivity contribution is 9.11. The second-order valence-corrected chi connectivity index (χ2v) is 7.33. The van der Waals surface area contributed by atoms with Crippen LogP contribution in [-0.2, 0) is 0 Å². The van der Waals surface area contributed by atoms with Gasteiger partial charge in [-0.25, -0.2) is 0 Å². The molecule has 1 unspecified atom stereocenters. The highest BCUT2D eigenvalue weighted by atomic mass is 79.9. The standard InChI is InChI=1S/C14H14Br2S/c1-8-4-5-11(6-9(8)2)13(16)14-12(15)7-10(3)17-14/h4-7,13H,1-3H3. The van der Waals surface area contributed by atoms with E-state index in [2.05, 4.69) is 76.9 Å². The number of hydrogen-bond donors (Lipinski definition) is 0. The minimum Gasteiger partial charge on any atom is -0.143 e. The van der Waals surface area contributed by atoms with Crippen molar-refractivity contribution in [3.63, 3.8) is 0 Å². The smallest absolute Gasteiger partial charge is 0.0749 e. The zero-order valence-electron chi connectivity index (χ0n) is 10.1. The first-order valence-corrected chi connectivity index (χ1v) is 7.98. The summed E-state index contributed by atoms with van der Waals surface area (Å²) < 4.78 is 1.19. The Kier molecular flexibility index (Phi) is 4.11. The number of rotatable bonds is 2. The van der Waals surface area contributed by atoms with E-state index in [0.29, 0.717) is 0 Å². The molecule has 2 rings (SSSR count). The zero-order chi connectivity index (χ0) is 12.6. The average molecular weight is 374 g/mol. The van der Waals surface area contributed by atoms with Crippen molar-refractivity contribution in [1.29, 1.82) is 0 Å². The maximum atomic E-state index is 3.80. The van der Waals surface area contributed by atoms with Crippen molar-refractivity contribution >= 4 is 43.2 Å². The first-order chi connectivity index (χ1) is 7.99. The molecule has 0 amide bonds. The van der Waals surface area contributed by atoms with Gasteiger partial charge in [0.2, 0.25) is 0 Å². The highest BCUT2D eigenvalue weighted by Crippen LogP contribution is 2.40. The number of hydrogen-bond acceptors (Lipinski definition) is 1. The van der Waals surface area contributed by atoms with Crippen molar-refractivity contribution in [3.05, 3.63) is 55.2 Å². The van der Waals surface area contributed by atoms with Gasteiger partial charge in [-0.3, -0.25) is 0 Å². The summed E-state index contributed by atoms with van der Waals surface area (Å²) in [5.41, 5.74) is 4.00. The Morgan fingerprint density at radius 1 is 1.06 bits per heavy atom. The Labute approximate surface area is 123 Å². The quantitative estimate of drug-likeness (QED) is 0.573. The molecule has 0 aliphatic heterocycles. The van der Waals surface area contributed by atoms with Crippen LogP contribution in [0.4, 0.5) is 0 Å². The molecule has 0 aliphatic carbocycles. The Hall–Kier alpha value is -0.120. The van der Waals surface area contributed by atoms with Crippen LogP contribution in [0.15, 0.2) is 28.7 Å². The predicted octanol–water partition coefficient (Wildman–Crippen LogP) is 5.92. The fraction of sp³-hybridized carbons (Fsp3) is 0.286. The average Bonchev–Trinajstić information content (AvgIpc) is 2.61. The second-order valence-electron chi connectivity index (χ2n) is 4.28. The van der Waals surface area contributed by atoms with Gasteiger partial charge in [0.15, 0.2) is 0 Å². The molecule has 1 aromatic heterocycles. The molecule has 0 saturated carbocycles. The van der Waals surface area contributed by atoms with Crippen LogP contribution in [0.1, 0.15) is 31.3 Å². The molecule has 1 aromatic carbocycles. The summed E-state index contributed by atoms with van der Waals surface area (Å²) in [6.07, 6.45) is 0. The maximum absolute atomic E-state index is 3.80. The molecule has 0 N–H and O–H groups in total. The van der Waals surface area contributed by atoms with Crippen molar-refractivity contribution in [1.82, 2.24) is 0 Å². The number of benzene rings is 1. The maximum Gasteiger partial charge on any atom is 0.0749 e. The van der Waals surface area contributed by atoms with Crippen LogP contribution in [-0.4, -0.2) is 0 Å². The fourth-order valence-electron chi connectivity index (χ4n) is 1.75. The third kappa shape index (κ3) is 2.83. The van der Waals surface area contributed by atoms with Gasteiger partial charge in [0.1, 0.15) is 0 Å². The lowest BCUT2D eigenvalue weighted by Crippen LogP contribution is -1.92. The van der Waals surface area contributed by atoms with Gasteiger partial charge in [-0.05, 0) is 59.5 Å². The van der Waals surface area contributed by atoms with Crippen molar-refractivity contribution in [2.45, 2.75) is 25.6 Å². The van der Waals surface area contributed by atoms with Gasteiger partial charge in [-0.2, -0.15) is 0 Å². The lowest BCUT2D eigenvalue weighted by Gasteiger charge is -2.11. The molecule has 1 atom stereocenters. The zero-order valence-corrected chi connectivity index (χ0v) is 14.0. The van der Waals surface area contributed by atoms with Crippen LogP contribution in [0.25, 0.3) is 0 Å². The Morgan fingerprint density at radius 2 is 1.76 bits per heavy atom. The van der Waals surface area contributed by atoms with Crippen LogP contribution >= 0.6 is 43.2 Å². The van der Waals surface area contributed by atoms with Crippen molar-refractivity contribution in [2.24, 2.45) is 0 Å². The molecule has 0 saturated heterocycles. The monoisotopic (exact) mass is 372 g/mol. The lowest BCUT2D eigenvalue weighted by molar-refractivity contribution is 1.18. The third-order valence-corrected chi connectivity index (χ3v) is 6.21. The normalized spacial score (nSPS) is 12.8. The van der Waals surface area contributed by atoms with Gasteiger partial charge >= 0.3 is 0 Å². The van der Waals surface area contributed by atoms with E-state index in [0.717, 1.165) is 0 Å².